The van der Waals surface area contributed by atoms with Gasteiger partial charge in [-0.2, -0.15) is 0 Å². The van der Waals surface area contributed by atoms with E-state index in [9.17, 15) is 19.5 Å². The minimum absolute atomic E-state index is 0.0990. The van der Waals surface area contributed by atoms with E-state index in [0.717, 1.165) is 0 Å². The molecule has 0 saturated carbocycles. The summed E-state index contributed by atoms with van der Waals surface area (Å²) in [6.07, 6.45) is -1.93. The molecule has 0 radical (unpaired) electrons. The van der Waals surface area contributed by atoms with E-state index in [1.807, 2.05) is 0 Å². The van der Waals surface area contributed by atoms with Crippen LogP contribution in [0.4, 0.5) is 0 Å². The van der Waals surface area contributed by atoms with Gasteiger partial charge in [-0.05, 0) is 12.5 Å². The maximum atomic E-state index is 11.9. The summed E-state index contributed by atoms with van der Waals surface area (Å²) in [7, 11) is 0. The summed E-state index contributed by atoms with van der Waals surface area (Å²) in [5, 5.41) is 21.2. The fourth-order valence-corrected chi connectivity index (χ4v) is 1.81. The molecule has 0 aliphatic carbocycles. The number of esters is 1. The summed E-state index contributed by atoms with van der Waals surface area (Å²) < 4.78 is 4.84. The highest BCUT2D eigenvalue weighted by Gasteiger charge is 2.30. The Morgan fingerprint density at radius 2 is 1.82 bits per heavy atom. The summed E-state index contributed by atoms with van der Waals surface area (Å²) in [4.78, 5) is 34.1. The molecule has 1 rings (SSSR count). The third kappa shape index (κ3) is 5.53. The zero-order chi connectivity index (χ0) is 16.5. The van der Waals surface area contributed by atoms with Crippen LogP contribution < -0.4 is 5.32 Å². The van der Waals surface area contributed by atoms with E-state index in [4.69, 9.17) is 9.84 Å². The van der Waals surface area contributed by atoms with Crippen LogP contribution in [-0.4, -0.2) is 40.7 Å². The number of aliphatic carboxylic acids is 1. The lowest BCUT2D eigenvalue weighted by atomic mass is 10.0. The Labute approximate surface area is 127 Å². The van der Waals surface area contributed by atoms with E-state index >= 15 is 0 Å². The second kappa shape index (κ2) is 8.78. The van der Waals surface area contributed by atoms with Crippen LogP contribution in [-0.2, 0) is 19.1 Å². The summed E-state index contributed by atoms with van der Waals surface area (Å²) in [6.45, 7) is 1.71. The average molecular weight is 309 g/mol. The molecule has 0 spiro atoms. The number of hydrogen-bond donors (Lipinski definition) is 3. The fourth-order valence-electron chi connectivity index (χ4n) is 1.81. The number of ether oxygens (including phenoxy) is 1. The van der Waals surface area contributed by atoms with Gasteiger partial charge in [0.25, 0.3) is 0 Å². The van der Waals surface area contributed by atoms with E-state index in [-0.39, 0.29) is 19.4 Å². The Kier molecular flexibility index (Phi) is 7.04. The van der Waals surface area contributed by atoms with Crippen LogP contribution in [0.1, 0.15) is 31.4 Å². The number of carboxylic acids is 1. The summed E-state index contributed by atoms with van der Waals surface area (Å²) in [5.74, 6) is -2.54. The lowest BCUT2D eigenvalue weighted by Crippen LogP contribution is -2.46. The van der Waals surface area contributed by atoms with Gasteiger partial charge in [-0.1, -0.05) is 30.3 Å². The molecule has 22 heavy (non-hydrogen) atoms. The quantitative estimate of drug-likeness (QED) is 0.607. The van der Waals surface area contributed by atoms with Crippen molar-refractivity contribution in [2.24, 2.45) is 0 Å². The van der Waals surface area contributed by atoms with Crippen LogP contribution >= 0.6 is 0 Å². The molecule has 3 N–H and O–H groups in total. The Hall–Kier alpha value is -2.41. The van der Waals surface area contributed by atoms with E-state index < -0.39 is 30.0 Å². The highest BCUT2D eigenvalue weighted by Crippen LogP contribution is 2.17. The van der Waals surface area contributed by atoms with E-state index in [1.54, 1.807) is 37.3 Å². The van der Waals surface area contributed by atoms with E-state index in [1.165, 1.54) is 0 Å². The van der Waals surface area contributed by atoms with Crippen molar-refractivity contribution in [3.8, 4) is 0 Å². The highest BCUT2D eigenvalue weighted by molar-refractivity contribution is 5.86. The average Bonchev–Trinajstić information content (AvgIpc) is 2.51. The number of nitrogens with one attached hydrogen (secondary N) is 1. The number of aliphatic hydroxyl groups excluding tert-OH is 1. The molecule has 0 fully saturated rings. The minimum Gasteiger partial charge on any atom is -0.481 e. The van der Waals surface area contributed by atoms with Crippen LogP contribution in [0, 0.1) is 0 Å². The van der Waals surface area contributed by atoms with Crippen LogP contribution in [0.5, 0.6) is 0 Å². The van der Waals surface area contributed by atoms with Crippen molar-refractivity contribution < 1.29 is 29.3 Å². The summed E-state index contributed by atoms with van der Waals surface area (Å²) in [5.41, 5.74) is 0.444. The topological polar surface area (TPSA) is 113 Å². The predicted molar refractivity (Wildman–Crippen MR) is 76.8 cm³/mol. The standard InChI is InChI=1S/C15H19NO6/c1-2-22-15(21)13(16-11(17)8-9-12(18)19)14(20)10-6-4-3-5-7-10/h3-7,13-14,20H,2,8-9H2,1H3,(H,16,17)(H,18,19)/t13-,14+/m0/s1. The lowest BCUT2D eigenvalue weighted by molar-refractivity contribution is -0.151. The fraction of sp³-hybridized carbons (Fsp3) is 0.400. The van der Waals surface area contributed by atoms with Crippen LogP contribution in [0.15, 0.2) is 30.3 Å². The maximum Gasteiger partial charge on any atom is 0.331 e. The molecular formula is C15H19NO6. The largest absolute Gasteiger partial charge is 0.481 e. The molecule has 7 nitrogen and oxygen atoms in total. The molecule has 7 heteroatoms. The number of carboxylic acid groups (broad SMARTS) is 1. The van der Waals surface area contributed by atoms with Crippen molar-refractivity contribution in [3.63, 3.8) is 0 Å². The maximum absolute atomic E-state index is 11.9. The second-order valence-electron chi connectivity index (χ2n) is 4.55. The SMILES string of the molecule is CCOC(=O)[C@@H](NC(=O)CCC(=O)O)[C@H](O)c1ccccc1. The molecule has 120 valence electrons. The number of rotatable bonds is 8. The number of carbonyl (C=O) groups excluding carboxylic acids is 2. The van der Waals surface area contributed by atoms with Crippen molar-refractivity contribution in [1.29, 1.82) is 0 Å². The predicted octanol–water partition coefficient (Wildman–Crippen LogP) is 0.633. The van der Waals surface area contributed by atoms with Gasteiger partial charge in [0.15, 0.2) is 6.04 Å². The van der Waals surface area contributed by atoms with Gasteiger partial charge in [0, 0.05) is 6.42 Å². The molecule has 0 bridgehead atoms. The molecule has 0 aromatic heterocycles. The van der Waals surface area contributed by atoms with Gasteiger partial charge >= 0.3 is 11.9 Å². The number of amides is 1. The Morgan fingerprint density at radius 1 is 1.18 bits per heavy atom. The molecule has 0 heterocycles. The third-order valence-electron chi connectivity index (χ3n) is 2.88. The number of aliphatic hydroxyl groups is 1. The zero-order valence-electron chi connectivity index (χ0n) is 12.2. The molecule has 0 unspecified atom stereocenters. The summed E-state index contributed by atoms with van der Waals surface area (Å²) in [6, 6.07) is 7.06. The molecular weight excluding hydrogens is 290 g/mol. The molecule has 1 amide bonds. The van der Waals surface area contributed by atoms with Crippen LogP contribution in [0.25, 0.3) is 0 Å². The lowest BCUT2D eigenvalue weighted by Gasteiger charge is -2.22. The van der Waals surface area contributed by atoms with Gasteiger partial charge in [0.2, 0.25) is 5.91 Å². The Bertz CT molecular complexity index is 516. The first-order valence-electron chi connectivity index (χ1n) is 6.86. The first kappa shape index (κ1) is 17.6. The molecule has 0 aliphatic heterocycles. The van der Waals surface area contributed by atoms with Crippen molar-refractivity contribution in [2.45, 2.75) is 31.9 Å². The smallest absolute Gasteiger partial charge is 0.331 e. The first-order chi connectivity index (χ1) is 10.5. The zero-order valence-corrected chi connectivity index (χ0v) is 12.2. The Balaban J connectivity index is 2.82. The normalized spacial score (nSPS) is 13.0. The minimum atomic E-state index is -1.29. The van der Waals surface area contributed by atoms with Gasteiger partial charge in [-0.15, -0.1) is 0 Å². The van der Waals surface area contributed by atoms with Gasteiger partial charge in [-0.3, -0.25) is 9.59 Å². The van der Waals surface area contributed by atoms with Crippen molar-refractivity contribution in [2.75, 3.05) is 6.61 Å². The van der Waals surface area contributed by atoms with Crippen molar-refractivity contribution in [1.82, 2.24) is 5.32 Å². The number of benzene rings is 1. The van der Waals surface area contributed by atoms with Crippen molar-refractivity contribution in [3.05, 3.63) is 35.9 Å². The highest BCUT2D eigenvalue weighted by atomic mass is 16.5. The number of hydrogen-bond acceptors (Lipinski definition) is 5. The molecule has 2 atom stereocenters. The second-order valence-corrected chi connectivity index (χ2v) is 4.55. The first-order valence-corrected chi connectivity index (χ1v) is 6.86. The molecule has 1 aromatic rings. The Morgan fingerprint density at radius 3 is 2.36 bits per heavy atom. The number of carbonyl (C=O) groups is 3. The monoisotopic (exact) mass is 309 g/mol. The van der Waals surface area contributed by atoms with Gasteiger partial charge < -0.3 is 20.3 Å². The van der Waals surface area contributed by atoms with Gasteiger partial charge in [0.05, 0.1) is 13.0 Å². The summed E-state index contributed by atoms with van der Waals surface area (Å²) >= 11 is 0. The third-order valence-corrected chi connectivity index (χ3v) is 2.88. The van der Waals surface area contributed by atoms with Crippen LogP contribution in [0.2, 0.25) is 0 Å². The van der Waals surface area contributed by atoms with Gasteiger partial charge in [-0.25, -0.2) is 4.79 Å². The van der Waals surface area contributed by atoms with E-state index in [0.29, 0.717) is 5.56 Å². The molecule has 0 aliphatic rings. The van der Waals surface area contributed by atoms with Crippen molar-refractivity contribution >= 4 is 17.8 Å². The molecule has 0 saturated heterocycles. The van der Waals surface area contributed by atoms with Crippen LogP contribution in [0.3, 0.4) is 0 Å². The van der Waals surface area contributed by atoms with Gasteiger partial charge in [0.1, 0.15) is 6.10 Å². The van der Waals surface area contributed by atoms with E-state index in [2.05, 4.69) is 5.32 Å². The molecule has 1 aromatic carbocycles.